The molecule has 0 heterocycles. The summed E-state index contributed by atoms with van der Waals surface area (Å²) in [5, 5.41) is 6.77. The van der Waals surface area contributed by atoms with E-state index in [1.807, 2.05) is 19.1 Å². The zero-order chi connectivity index (χ0) is 24.5. The summed E-state index contributed by atoms with van der Waals surface area (Å²) in [6, 6.07) is 15.7. The quantitative estimate of drug-likeness (QED) is 0.332. The minimum Gasteiger partial charge on any atom is -0.490 e. The number of carbonyl (C=O) groups excluding carboxylic acids is 2. The van der Waals surface area contributed by atoms with E-state index >= 15 is 0 Å². The summed E-state index contributed by atoms with van der Waals surface area (Å²) in [7, 11) is 0. The molecule has 176 valence electrons. The Labute approximate surface area is 201 Å². The second-order valence-electron chi connectivity index (χ2n) is 7.17. The lowest BCUT2D eigenvalue weighted by atomic mass is 10.1. The molecule has 0 unspecified atom stereocenters. The monoisotopic (exact) mass is 483 g/mol. The summed E-state index contributed by atoms with van der Waals surface area (Å²) >= 11 is 6.36. The molecular formula is C25H23ClFN3O4. The fourth-order valence-corrected chi connectivity index (χ4v) is 3.14. The van der Waals surface area contributed by atoms with Crippen LogP contribution >= 0.6 is 11.6 Å². The SMILES string of the molecule is CCOc1cc(C=NNC(=O)c2ccc(C)cc2)cc(Cl)c1OCC(=O)Nc1ccc(F)cc1. The minimum absolute atomic E-state index is 0.193. The Balaban J connectivity index is 1.65. The van der Waals surface area contributed by atoms with Crippen LogP contribution in [0, 0.1) is 12.7 Å². The molecular weight excluding hydrogens is 461 g/mol. The van der Waals surface area contributed by atoms with Crippen molar-refractivity contribution in [2.24, 2.45) is 5.10 Å². The van der Waals surface area contributed by atoms with Gasteiger partial charge in [-0.2, -0.15) is 5.10 Å². The molecule has 34 heavy (non-hydrogen) atoms. The third kappa shape index (κ3) is 7.05. The van der Waals surface area contributed by atoms with Crippen molar-refractivity contribution >= 4 is 35.3 Å². The largest absolute Gasteiger partial charge is 0.490 e. The lowest BCUT2D eigenvalue weighted by Gasteiger charge is -2.14. The van der Waals surface area contributed by atoms with Crippen LogP contribution in [-0.4, -0.2) is 31.2 Å². The van der Waals surface area contributed by atoms with Crippen LogP contribution in [0.15, 0.2) is 65.8 Å². The number of hydrogen-bond acceptors (Lipinski definition) is 5. The van der Waals surface area contributed by atoms with Gasteiger partial charge in [0.2, 0.25) is 0 Å². The van der Waals surface area contributed by atoms with Gasteiger partial charge < -0.3 is 14.8 Å². The van der Waals surface area contributed by atoms with Gasteiger partial charge in [-0.25, -0.2) is 9.82 Å². The van der Waals surface area contributed by atoms with Gasteiger partial charge in [-0.1, -0.05) is 29.3 Å². The Morgan fingerprint density at radius 3 is 2.44 bits per heavy atom. The van der Waals surface area contributed by atoms with Crippen LogP contribution in [0.1, 0.15) is 28.4 Å². The maximum absolute atomic E-state index is 13.0. The second-order valence-corrected chi connectivity index (χ2v) is 7.58. The highest BCUT2D eigenvalue weighted by atomic mass is 35.5. The number of rotatable bonds is 9. The summed E-state index contributed by atoms with van der Waals surface area (Å²) in [6.45, 7) is 3.73. The Morgan fingerprint density at radius 1 is 1.06 bits per heavy atom. The number of benzene rings is 3. The van der Waals surface area contributed by atoms with Gasteiger partial charge in [0.1, 0.15) is 5.82 Å². The van der Waals surface area contributed by atoms with E-state index in [1.165, 1.54) is 30.5 Å². The van der Waals surface area contributed by atoms with Crippen LogP contribution in [0.5, 0.6) is 11.5 Å². The van der Waals surface area contributed by atoms with Crippen molar-refractivity contribution in [1.29, 1.82) is 0 Å². The average Bonchev–Trinajstić information content (AvgIpc) is 2.80. The standard InChI is InChI=1S/C25H23ClFN3O4/c1-3-33-22-13-17(14-28-30-25(32)18-6-4-16(2)5-7-18)12-21(26)24(22)34-15-23(31)29-20-10-8-19(27)9-11-20/h4-14H,3,15H2,1-2H3,(H,29,31)(H,30,32). The molecule has 0 spiro atoms. The molecule has 3 aromatic carbocycles. The first-order chi connectivity index (χ1) is 16.4. The number of anilines is 1. The van der Waals surface area contributed by atoms with Gasteiger partial charge in [-0.3, -0.25) is 9.59 Å². The molecule has 2 amide bonds. The number of hydrazone groups is 1. The van der Waals surface area contributed by atoms with Crippen molar-refractivity contribution in [1.82, 2.24) is 5.43 Å². The molecule has 0 aliphatic rings. The summed E-state index contributed by atoms with van der Waals surface area (Å²) in [5.74, 6) is -0.690. The fourth-order valence-electron chi connectivity index (χ4n) is 2.87. The van der Waals surface area contributed by atoms with Crippen molar-refractivity contribution in [3.8, 4) is 11.5 Å². The first kappa shape index (κ1) is 24.7. The second kappa shape index (κ2) is 11.8. The van der Waals surface area contributed by atoms with Crippen molar-refractivity contribution in [2.45, 2.75) is 13.8 Å². The van der Waals surface area contributed by atoms with Crippen LogP contribution in [0.25, 0.3) is 0 Å². The van der Waals surface area contributed by atoms with Gasteiger partial charge in [0.15, 0.2) is 18.1 Å². The van der Waals surface area contributed by atoms with E-state index in [9.17, 15) is 14.0 Å². The number of nitrogens with zero attached hydrogens (tertiary/aromatic N) is 1. The maximum atomic E-state index is 13.0. The van der Waals surface area contributed by atoms with E-state index in [0.29, 0.717) is 29.2 Å². The first-order valence-corrected chi connectivity index (χ1v) is 10.8. The van der Waals surface area contributed by atoms with Crippen LogP contribution in [0.4, 0.5) is 10.1 Å². The number of hydrogen-bond donors (Lipinski definition) is 2. The van der Waals surface area contributed by atoms with Crippen molar-refractivity contribution in [3.63, 3.8) is 0 Å². The number of nitrogens with one attached hydrogen (secondary N) is 2. The third-order valence-electron chi connectivity index (χ3n) is 4.50. The van der Waals surface area contributed by atoms with Crippen molar-refractivity contribution in [2.75, 3.05) is 18.5 Å². The Hall–Kier alpha value is -3.91. The molecule has 0 saturated heterocycles. The molecule has 0 aromatic heterocycles. The highest BCUT2D eigenvalue weighted by molar-refractivity contribution is 6.32. The zero-order valence-electron chi connectivity index (χ0n) is 18.6. The molecule has 7 nitrogen and oxygen atoms in total. The number of aryl methyl sites for hydroxylation is 1. The van der Waals surface area contributed by atoms with Crippen LogP contribution in [0.3, 0.4) is 0 Å². The van der Waals surface area contributed by atoms with E-state index in [-0.39, 0.29) is 23.3 Å². The first-order valence-electron chi connectivity index (χ1n) is 10.4. The minimum atomic E-state index is -0.449. The topological polar surface area (TPSA) is 89.0 Å². The highest BCUT2D eigenvalue weighted by Crippen LogP contribution is 2.36. The lowest BCUT2D eigenvalue weighted by Crippen LogP contribution is -2.20. The Bertz CT molecular complexity index is 1180. The zero-order valence-corrected chi connectivity index (χ0v) is 19.4. The molecule has 3 rings (SSSR count). The van der Waals surface area contributed by atoms with E-state index in [0.717, 1.165) is 5.56 Å². The van der Waals surface area contributed by atoms with Crippen LogP contribution in [0.2, 0.25) is 5.02 Å². The Morgan fingerprint density at radius 2 is 1.76 bits per heavy atom. The predicted molar refractivity (Wildman–Crippen MR) is 129 cm³/mol. The summed E-state index contributed by atoms with van der Waals surface area (Å²) < 4.78 is 24.2. The molecule has 3 aromatic rings. The number of amides is 2. The molecule has 0 aliphatic heterocycles. The molecule has 0 bridgehead atoms. The molecule has 0 aliphatic carbocycles. The van der Waals surface area contributed by atoms with E-state index in [1.54, 1.807) is 31.2 Å². The Kier molecular flexibility index (Phi) is 8.59. The highest BCUT2D eigenvalue weighted by Gasteiger charge is 2.14. The summed E-state index contributed by atoms with van der Waals surface area (Å²) in [4.78, 5) is 24.4. The smallest absolute Gasteiger partial charge is 0.271 e. The molecule has 0 fully saturated rings. The van der Waals surface area contributed by atoms with E-state index in [2.05, 4.69) is 15.8 Å². The molecule has 0 saturated carbocycles. The third-order valence-corrected chi connectivity index (χ3v) is 4.78. The van der Waals surface area contributed by atoms with Gasteiger partial charge in [0.05, 0.1) is 17.8 Å². The molecule has 0 radical (unpaired) electrons. The summed E-state index contributed by atoms with van der Waals surface area (Å²) in [5.41, 5.74) is 4.98. The van der Waals surface area contributed by atoms with Gasteiger partial charge in [-0.05, 0) is 67.9 Å². The molecule has 9 heteroatoms. The number of ether oxygens (including phenoxy) is 2. The molecule has 2 N–H and O–H groups in total. The van der Waals surface area contributed by atoms with Crippen molar-refractivity contribution < 1.29 is 23.5 Å². The van der Waals surface area contributed by atoms with Crippen LogP contribution in [-0.2, 0) is 4.79 Å². The van der Waals surface area contributed by atoms with E-state index in [4.69, 9.17) is 21.1 Å². The van der Waals surface area contributed by atoms with Gasteiger partial charge in [0, 0.05) is 11.3 Å². The average molecular weight is 484 g/mol. The van der Waals surface area contributed by atoms with Crippen molar-refractivity contribution in [3.05, 3.63) is 88.2 Å². The predicted octanol–water partition coefficient (Wildman–Crippen LogP) is 4.97. The van der Waals surface area contributed by atoms with E-state index < -0.39 is 11.7 Å². The molecule has 0 atom stereocenters. The summed E-state index contributed by atoms with van der Waals surface area (Å²) in [6.07, 6.45) is 1.42. The van der Waals surface area contributed by atoms with Gasteiger partial charge in [0.25, 0.3) is 11.8 Å². The fraction of sp³-hybridized carbons (Fsp3) is 0.160. The number of carbonyl (C=O) groups is 2. The normalized spacial score (nSPS) is 10.7. The van der Waals surface area contributed by atoms with Gasteiger partial charge in [-0.15, -0.1) is 0 Å². The van der Waals surface area contributed by atoms with Gasteiger partial charge >= 0.3 is 0 Å². The lowest BCUT2D eigenvalue weighted by molar-refractivity contribution is -0.118. The maximum Gasteiger partial charge on any atom is 0.271 e. The number of halogens is 2. The van der Waals surface area contributed by atoms with Crippen LogP contribution < -0.4 is 20.2 Å².